The Morgan fingerprint density at radius 3 is 1.84 bits per heavy atom. The van der Waals surface area contributed by atoms with Crippen LogP contribution in [0.4, 0.5) is 5.69 Å². The number of nitrogens with zero attached hydrogens (tertiary/aromatic N) is 2. The van der Waals surface area contributed by atoms with Gasteiger partial charge in [-0.25, -0.2) is 9.97 Å². The van der Waals surface area contributed by atoms with E-state index in [1.807, 2.05) is 91.0 Å². The minimum Gasteiger partial charge on any atom is -0.321 e. The van der Waals surface area contributed by atoms with E-state index in [1.54, 1.807) is 12.1 Å². The van der Waals surface area contributed by atoms with E-state index in [2.05, 4.69) is 21.2 Å². The van der Waals surface area contributed by atoms with Gasteiger partial charge < -0.3 is 5.32 Å². The van der Waals surface area contributed by atoms with Crippen molar-refractivity contribution in [3.8, 4) is 22.5 Å². The molecule has 0 aliphatic heterocycles. The van der Waals surface area contributed by atoms with Gasteiger partial charge in [0, 0.05) is 21.2 Å². The summed E-state index contributed by atoms with van der Waals surface area (Å²) < 4.78 is 0.827. The normalized spacial score (nSPS) is 10.8. The first-order valence-electron chi connectivity index (χ1n) is 10.2. The first kappa shape index (κ1) is 20.1. The van der Waals surface area contributed by atoms with Crippen molar-refractivity contribution in [1.82, 2.24) is 9.97 Å². The summed E-state index contributed by atoms with van der Waals surface area (Å²) in [6.07, 6.45) is 0. The van der Waals surface area contributed by atoms with E-state index in [-0.39, 0.29) is 5.91 Å². The number of carbonyl (C=O) groups is 1. The second-order valence-electron chi connectivity index (χ2n) is 7.29. The van der Waals surface area contributed by atoms with Crippen LogP contribution in [0.1, 0.15) is 10.4 Å². The minimum atomic E-state index is -0.200. The molecule has 0 aliphatic rings. The summed E-state index contributed by atoms with van der Waals surface area (Å²) in [4.78, 5) is 22.7. The lowest BCUT2D eigenvalue weighted by molar-refractivity contribution is 0.102. The molecule has 0 atom stereocenters. The van der Waals surface area contributed by atoms with Crippen molar-refractivity contribution in [2.45, 2.75) is 0 Å². The lowest BCUT2D eigenvalue weighted by atomic mass is 10.0. The number of benzene rings is 4. The van der Waals surface area contributed by atoms with Gasteiger partial charge in [-0.3, -0.25) is 4.79 Å². The van der Waals surface area contributed by atoms with E-state index in [9.17, 15) is 4.79 Å². The van der Waals surface area contributed by atoms with Crippen LogP contribution in [0.15, 0.2) is 108 Å². The third-order valence-electron chi connectivity index (χ3n) is 5.14. The standard InChI is InChI=1S/C27H18BrN3O/c28-21-13-7-8-14-22(21)31-27(32)20-15-16-23-24(17-20)30-26(19-11-5-2-6-12-19)25(29-23)18-9-3-1-4-10-18/h1-17H,(H,31,32). The molecular formula is C27H18BrN3O. The van der Waals surface area contributed by atoms with E-state index in [1.165, 1.54) is 0 Å². The molecule has 4 nitrogen and oxygen atoms in total. The Kier molecular flexibility index (Phi) is 5.48. The summed E-state index contributed by atoms with van der Waals surface area (Å²) in [6.45, 7) is 0. The molecule has 1 N–H and O–H groups in total. The number of carbonyl (C=O) groups excluding carboxylic acids is 1. The van der Waals surface area contributed by atoms with Gasteiger partial charge in [0.1, 0.15) is 0 Å². The molecule has 0 bridgehead atoms. The fourth-order valence-corrected chi connectivity index (χ4v) is 3.93. The van der Waals surface area contributed by atoms with Gasteiger partial charge in [-0.15, -0.1) is 0 Å². The number of fused-ring (bicyclic) bond motifs is 1. The zero-order chi connectivity index (χ0) is 21.9. The van der Waals surface area contributed by atoms with Gasteiger partial charge in [-0.05, 0) is 46.3 Å². The largest absolute Gasteiger partial charge is 0.321 e. The van der Waals surface area contributed by atoms with Crippen molar-refractivity contribution in [2.24, 2.45) is 0 Å². The Labute approximate surface area is 194 Å². The fraction of sp³-hybridized carbons (Fsp3) is 0. The Balaban J connectivity index is 1.60. The molecule has 5 rings (SSSR count). The van der Waals surface area contributed by atoms with Gasteiger partial charge >= 0.3 is 0 Å². The zero-order valence-electron chi connectivity index (χ0n) is 17.0. The van der Waals surface area contributed by atoms with Crippen LogP contribution in [0.25, 0.3) is 33.5 Å². The van der Waals surface area contributed by atoms with Crippen molar-refractivity contribution in [3.05, 3.63) is 113 Å². The molecule has 5 heteroatoms. The highest BCUT2D eigenvalue weighted by Crippen LogP contribution is 2.31. The van der Waals surface area contributed by atoms with Gasteiger partial charge in [-0.2, -0.15) is 0 Å². The maximum Gasteiger partial charge on any atom is 0.255 e. The lowest BCUT2D eigenvalue weighted by Crippen LogP contribution is -2.12. The number of hydrogen-bond donors (Lipinski definition) is 1. The van der Waals surface area contributed by atoms with Gasteiger partial charge in [0.25, 0.3) is 5.91 Å². The maximum absolute atomic E-state index is 12.9. The molecule has 0 fully saturated rings. The molecule has 0 aliphatic carbocycles. The number of hydrogen-bond acceptors (Lipinski definition) is 3. The Morgan fingerprint density at radius 1 is 0.656 bits per heavy atom. The van der Waals surface area contributed by atoms with Gasteiger partial charge in [0.15, 0.2) is 0 Å². The molecular weight excluding hydrogens is 462 g/mol. The van der Waals surface area contributed by atoms with Crippen molar-refractivity contribution in [1.29, 1.82) is 0 Å². The van der Waals surface area contributed by atoms with Crippen LogP contribution in [-0.4, -0.2) is 15.9 Å². The van der Waals surface area contributed by atoms with Crippen LogP contribution >= 0.6 is 15.9 Å². The van der Waals surface area contributed by atoms with E-state index < -0.39 is 0 Å². The van der Waals surface area contributed by atoms with E-state index in [4.69, 9.17) is 9.97 Å². The van der Waals surface area contributed by atoms with Crippen LogP contribution in [0.5, 0.6) is 0 Å². The van der Waals surface area contributed by atoms with Crippen LogP contribution in [-0.2, 0) is 0 Å². The average Bonchev–Trinajstić information content (AvgIpc) is 2.85. The van der Waals surface area contributed by atoms with Crippen LogP contribution < -0.4 is 5.32 Å². The first-order valence-corrected chi connectivity index (χ1v) is 11.0. The Hall–Kier alpha value is -3.83. The first-order chi connectivity index (χ1) is 15.7. The highest BCUT2D eigenvalue weighted by atomic mass is 79.9. The van der Waals surface area contributed by atoms with Crippen LogP contribution in [0, 0.1) is 0 Å². The Bertz CT molecular complexity index is 1420. The summed E-state index contributed by atoms with van der Waals surface area (Å²) in [5, 5.41) is 2.94. The van der Waals surface area contributed by atoms with Gasteiger partial charge in [0.05, 0.1) is 28.1 Å². The van der Waals surface area contributed by atoms with Gasteiger partial charge in [0.2, 0.25) is 0 Å². The number of rotatable bonds is 4. The molecule has 154 valence electrons. The van der Waals surface area contributed by atoms with Gasteiger partial charge in [-0.1, -0.05) is 72.8 Å². The minimum absolute atomic E-state index is 0.200. The summed E-state index contributed by atoms with van der Waals surface area (Å²) >= 11 is 3.47. The summed E-state index contributed by atoms with van der Waals surface area (Å²) in [5.74, 6) is -0.200. The predicted octanol–water partition coefficient (Wildman–Crippen LogP) is 6.98. The third-order valence-corrected chi connectivity index (χ3v) is 5.83. The number of aromatic nitrogens is 2. The molecule has 0 saturated heterocycles. The molecule has 0 saturated carbocycles. The average molecular weight is 480 g/mol. The smallest absolute Gasteiger partial charge is 0.255 e. The molecule has 1 aromatic heterocycles. The van der Waals surface area contributed by atoms with E-state index >= 15 is 0 Å². The molecule has 1 amide bonds. The molecule has 0 spiro atoms. The summed E-state index contributed by atoms with van der Waals surface area (Å²) in [6, 6.07) is 32.9. The summed E-state index contributed by atoms with van der Waals surface area (Å²) in [5.41, 5.74) is 6.22. The van der Waals surface area contributed by atoms with Crippen molar-refractivity contribution in [3.63, 3.8) is 0 Å². The lowest BCUT2D eigenvalue weighted by Gasteiger charge is -2.12. The zero-order valence-corrected chi connectivity index (χ0v) is 18.6. The predicted molar refractivity (Wildman–Crippen MR) is 133 cm³/mol. The maximum atomic E-state index is 12.9. The second-order valence-corrected chi connectivity index (χ2v) is 8.14. The summed E-state index contributed by atoms with van der Waals surface area (Å²) in [7, 11) is 0. The molecule has 0 radical (unpaired) electrons. The molecule has 1 heterocycles. The molecule has 0 unspecified atom stereocenters. The van der Waals surface area contributed by atoms with Crippen LogP contribution in [0.3, 0.4) is 0 Å². The van der Waals surface area contributed by atoms with E-state index in [0.717, 1.165) is 32.5 Å². The Morgan fingerprint density at radius 2 is 1.22 bits per heavy atom. The number of halogens is 1. The van der Waals surface area contributed by atoms with E-state index in [0.29, 0.717) is 16.8 Å². The van der Waals surface area contributed by atoms with Crippen molar-refractivity contribution >= 4 is 38.6 Å². The van der Waals surface area contributed by atoms with Crippen LogP contribution in [0.2, 0.25) is 0 Å². The number of para-hydroxylation sites is 1. The number of nitrogens with one attached hydrogen (secondary N) is 1. The quantitative estimate of drug-likeness (QED) is 0.302. The van der Waals surface area contributed by atoms with Crippen molar-refractivity contribution in [2.75, 3.05) is 5.32 Å². The molecule has 32 heavy (non-hydrogen) atoms. The third kappa shape index (κ3) is 4.03. The fourth-order valence-electron chi connectivity index (χ4n) is 3.55. The highest BCUT2D eigenvalue weighted by molar-refractivity contribution is 9.10. The molecule has 5 aromatic rings. The highest BCUT2D eigenvalue weighted by Gasteiger charge is 2.15. The SMILES string of the molecule is O=C(Nc1ccccc1Br)c1ccc2nc(-c3ccccc3)c(-c3ccccc3)nc2c1. The number of amides is 1. The number of anilines is 1. The van der Waals surface area contributed by atoms with Crippen molar-refractivity contribution < 1.29 is 4.79 Å². The monoisotopic (exact) mass is 479 g/mol. The topological polar surface area (TPSA) is 54.9 Å². The second kappa shape index (κ2) is 8.73. The molecule has 4 aromatic carbocycles.